The third kappa shape index (κ3) is 3.53. The Morgan fingerprint density at radius 3 is 2.96 bits per heavy atom. The second-order valence-electron chi connectivity index (χ2n) is 5.60. The number of aromatic nitrogens is 3. The monoisotopic (exact) mass is 329 g/mol. The van der Waals surface area contributed by atoms with Crippen LogP contribution in [0.15, 0.2) is 30.9 Å². The molecule has 1 unspecified atom stereocenters. The molecule has 1 aromatic heterocycles. The fraction of sp³-hybridized carbons (Fsp3) is 0.375. The minimum atomic E-state index is -0.501. The Morgan fingerprint density at radius 1 is 1.42 bits per heavy atom. The lowest BCUT2D eigenvalue weighted by molar-refractivity contribution is -0.126. The molecular weight excluding hydrogens is 310 g/mol. The predicted molar refractivity (Wildman–Crippen MR) is 86.6 cm³/mol. The fourth-order valence-electron chi connectivity index (χ4n) is 2.73. The first-order valence-corrected chi connectivity index (χ1v) is 7.75. The van der Waals surface area contributed by atoms with E-state index in [0.717, 1.165) is 18.5 Å². The lowest BCUT2D eigenvalue weighted by Gasteiger charge is -2.25. The van der Waals surface area contributed by atoms with Crippen molar-refractivity contribution in [2.75, 3.05) is 19.0 Å². The molecule has 1 aliphatic heterocycles. The zero-order valence-corrected chi connectivity index (χ0v) is 13.4. The molecule has 1 atom stereocenters. The third-order valence-corrected chi connectivity index (χ3v) is 3.97. The van der Waals surface area contributed by atoms with Gasteiger partial charge in [0, 0.05) is 25.2 Å². The van der Waals surface area contributed by atoms with E-state index in [2.05, 4.69) is 20.8 Å². The summed E-state index contributed by atoms with van der Waals surface area (Å²) in [6.07, 6.45) is 4.16. The Kier molecular flexibility index (Phi) is 4.74. The Labute approximate surface area is 139 Å². The molecule has 0 bridgehead atoms. The van der Waals surface area contributed by atoms with E-state index >= 15 is 0 Å². The average Bonchev–Trinajstić information content (AvgIpc) is 3.10. The number of nitrogens with zero attached hydrogens (tertiary/aromatic N) is 3. The first kappa shape index (κ1) is 16.0. The van der Waals surface area contributed by atoms with Gasteiger partial charge in [-0.2, -0.15) is 0 Å². The van der Waals surface area contributed by atoms with Crippen molar-refractivity contribution in [3.63, 3.8) is 0 Å². The molecule has 8 nitrogen and oxygen atoms in total. The van der Waals surface area contributed by atoms with Crippen molar-refractivity contribution < 1.29 is 14.3 Å². The van der Waals surface area contributed by atoms with Crippen molar-refractivity contribution in [3.8, 4) is 5.75 Å². The van der Waals surface area contributed by atoms with Crippen LogP contribution in [-0.4, -0.2) is 40.2 Å². The molecule has 24 heavy (non-hydrogen) atoms. The van der Waals surface area contributed by atoms with Crippen LogP contribution >= 0.6 is 0 Å². The maximum absolute atomic E-state index is 12.5. The van der Waals surface area contributed by atoms with Gasteiger partial charge in [0.1, 0.15) is 18.4 Å². The zero-order valence-electron chi connectivity index (χ0n) is 13.4. The number of carbonyl (C=O) groups excluding carboxylic acids is 2. The van der Waals surface area contributed by atoms with Gasteiger partial charge in [-0.15, -0.1) is 10.2 Å². The summed E-state index contributed by atoms with van der Waals surface area (Å²) < 4.78 is 7.06. The molecule has 0 saturated carbocycles. The fourth-order valence-corrected chi connectivity index (χ4v) is 2.73. The van der Waals surface area contributed by atoms with E-state index in [1.54, 1.807) is 38.0 Å². The SMILES string of the molecule is COc1ccc2c(c1)C(C(=O)NCCCn1cnnc1)CC(=O)N2. The van der Waals surface area contributed by atoms with E-state index < -0.39 is 5.92 Å². The molecule has 0 aliphatic carbocycles. The smallest absolute Gasteiger partial charge is 0.228 e. The van der Waals surface area contributed by atoms with Gasteiger partial charge in [-0.25, -0.2) is 0 Å². The highest BCUT2D eigenvalue weighted by Gasteiger charge is 2.30. The molecule has 126 valence electrons. The largest absolute Gasteiger partial charge is 0.497 e. The minimum Gasteiger partial charge on any atom is -0.497 e. The van der Waals surface area contributed by atoms with Crippen molar-refractivity contribution in [1.82, 2.24) is 20.1 Å². The standard InChI is InChI=1S/C16H19N5O3/c1-24-11-3-4-14-12(7-11)13(8-15(22)20-14)16(23)17-5-2-6-21-9-18-19-10-21/h3-4,7,9-10,13H,2,5-6,8H2,1H3,(H,17,23)(H,20,22). The molecule has 2 heterocycles. The second-order valence-corrected chi connectivity index (χ2v) is 5.60. The van der Waals surface area contributed by atoms with E-state index in [1.807, 2.05) is 4.57 Å². The van der Waals surface area contributed by atoms with E-state index in [0.29, 0.717) is 18.0 Å². The number of nitrogens with one attached hydrogen (secondary N) is 2. The third-order valence-electron chi connectivity index (χ3n) is 3.97. The van der Waals surface area contributed by atoms with Gasteiger partial charge in [-0.1, -0.05) is 0 Å². The van der Waals surface area contributed by atoms with Gasteiger partial charge in [-0.3, -0.25) is 9.59 Å². The Morgan fingerprint density at radius 2 is 2.21 bits per heavy atom. The molecule has 1 aliphatic rings. The number of hydrogen-bond acceptors (Lipinski definition) is 5. The van der Waals surface area contributed by atoms with Crippen molar-refractivity contribution in [2.24, 2.45) is 0 Å². The van der Waals surface area contributed by atoms with Gasteiger partial charge >= 0.3 is 0 Å². The quantitative estimate of drug-likeness (QED) is 0.768. The van der Waals surface area contributed by atoms with Crippen LogP contribution in [-0.2, 0) is 16.1 Å². The molecule has 3 rings (SSSR count). The first-order chi connectivity index (χ1) is 11.7. The summed E-state index contributed by atoms with van der Waals surface area (Å²) in [7, 11) is 1.57. The van der Waals surface area contributed by atoms with Crippen LogP contribution in [0.2, 0.25) is 0 Å². The van der Waals surface area contributed by atoms with Gasteiger partial charge in [0.05, 0.1) is 13.0 Å². The molecule has 2 amide bonds. The first-order valence-electron chi connectivity index (χ1n) is 7.75. The molecule has 8 heteroatoms. The van der Waals surface area contributed by atoms with Gasteiger partial charge in [-0.05, 0) is 30.2 Å². The number of rotatable bonds is 6. The van der Waals surface area contributed by atoms with E-state index in [-0.39, 0.29) is 18.2 Å². The highest BCUT2D eigenvalue weighted by atomic mass is 16.5. The summed E-state index contributed by atoms with van der Waals surface area (Å²) in [6.45, 7) is 1.25. The second kappa shape index (κ2) is 7.12. The number of amides is 2. The molecule has 0 radical (unpaired) electrons. The molecular formula is C16H19N5O3. The number of ether oxygens (including phenoxy) is 1. The van der Waals surface area contributed by atoms with Crippen LogP contribution < -0.4 is 15.4 Å². The molecule has 0 saturated heterocycles. The lowest BCUT2D eigenvalue weighted by atomic mass is 9.89. The highest BCUT2D eigenvalue weighted by molar-refractivity contribution is 6.01. The van der Waals surface area contributed by atoms with Crippen molar-refractivity contribution in [1.29, 1.82) is 0 Å². The van der Waals surface area contributed by atoms with Gasteiger partial charge in [0.2, 0.25) is 11.8 Å². The van der Waals surface area contributed by atoms with Crippen LogP contribution in [0.3, 0.4) is 0 Å². The van der Waals surface area contributed by atoms with Gasteiger partial charge < -0.3 is 19.9 Å². The van der Waals surface area contributed by atoms with Crippen LogP contribution in [0.4, 0.5) is 5.69 Å². The molecule has 0 spiro atoms. The summed E-state index contributed by atoms with van der Waals surface area (Å²) >= 11 is 0. The van der Waals surface area contributed by atoms with Gasteiger partial charge in [0.25, 0.3) is 0 Å². The number of aryl methyl sites for hydroxylation is 1. The Hall–Kier alpha value is -2.90. The summed E-state index contributed by atoms with van der Waals surface area (Å²) in [5.74, 6) is -0.144. The summed E-state index contributed by atoms with van der Waals surface area (Å²) in [6, 6.07) is 5.33. The van der Waals surface area contributed by atoms with Crippen LogP contribution in [0, 0.1) is 0 Å². The molecule has 2 N–H and O–H groups in total. The highest BCUT2D eigenvalue weighted by Crippen LogP contribution is 2.34. The number of hydrogen-bond donors (Lipinski definition) is 2. The topological polar surface area (TPSA) is 98.1 Å². The van der Waals surface area contributed by atoms with Crippen LogP contribution in [0.1, 0.15) is 24.3 Å². The Balaban J connectivity index is 1.63. The number of fused-ring (bicyclic) bond motifs is 1. The summed E-state index contributed by atoms with van der Waals surface area (Å²) in [5.41, 5.74) is 1.45. The van der Waals surface area contributed by atoms with Crippen molar-refractivity contribution >= 4 is 17.5 Å². The van der Waals surface area contributed by atoms with Crippen LogP contribution in [0.5, 0.6) is 5.75 Å². The predicted octanol–water partition coefficient (Wildman–Crippen LogP) is 0.919. The summed E-state index contributed by atoms with van der Waals surface area (Å²) in [4.78, 5) is 24.3. The van der Waals surface area contributed by atoms with E-state index in [4.69, 9.17) is 4.74 Å². The lowest BCUT2D eigenvalue weighted by Crippen LogP contribution is -2.35. The van der Waals surface area contributed by atoms with E-state index in [1.165, 1.54) is 0 Å². The number of benzene rings is 1. The maximum Gasteiger partial charge on any atom is 0.228 e. The van der Waals surface area contributed by atoms with Crippen molar-refractivity contribution in [2.45, 2.75) is 25.3 Å². The molecule has 0 fully saturated rings. The van der Waals surface area contributed by atoms with Crippen LogP contribution in [0.25, 0.3) is 0 Å². The normalized spacial score (nSPS) is 16.2. The molecule has 2 aromatic rings. The summed E-state index contributed by atoms with van der Waals surface area (Å²) in [5, 5.41) is 13.1. The maximum atomic E-state index is 12.5. The number of methoxy groups -OCH3 is 1. The van der Waals surface area contributed by atoms with Gasteiger partial charge in [0.15, 0.2) is 0 Å². The number of anilines is 1. The number of carbonyl (C=O) groups is 2. The minimum absolute atomic E-state index is 0.136. The Bertz CT molecular complexity index is 729. The van der Waals surface area contributed by atoms with Crippen molar-refractivity contribution in [3.05, 3.63) is 36.4 Å². The zero-order chi connectivity index (χ0) is 16.9. The molecule has 1 aromatic carbocycles. The average molecular weight is 329 g/mol. The van der Waals surface area contributed by atoms with E-state index in [9.17, 15) is 9.59 Å².